The Morgan fingerprint density at radius 1 is 1.39 bits per heavy atom. The number of amides is 1. The Labute approximate surface area is 139 Å². The van der Waals surface area contributed by atoms with E-state index in [1.54, 1.807) is 24.6 Å². The van der Waals surface area contributed by atoms with Crippen LogP contribution in [0.5, 0.6) is 5.88 Å². The molecule has 0 aromatic carbocycles. The molecule has 0 unspecified atom stereocenters. The molecule has 1 aliphatic heterocycles. The monoisotopic (exact) mass is 329 g/mol. The van der Waals surface area contributed by atoms with Crippen LogP contribution in [-0.2, 0) is 12.8 Å². The van der Waals surface area contributed by atoms with Crippen LogP contribution in [0, 0.1) is 0 Å². The lowest BCUT2D eigenvalue weighted by atomic mass is 10.1. The van der Waals surface area contributed by atoms with Gasteiger partial charge in [-0.2, -0.15) is 0 Å². The lowest BCUT2D eigenvalue weighted by Gasteiger charge is -2.24. The summed E-state index contributed by atoms with van der Waals surface area (Å²) in [6.07, 6.45) is 6.87. The van der Waals surface area contributed by atoms with E-state index in [1.165, 1.54) is 5.56 Å². The van der Waals surface area contributed by atoms with Gasteiger partial charge in [0.1, 0.15) is 10.6 Å². The maximum atomic E-state index is 13.1. The third-order valence-corrected chi connectivity index (χ3v) is 5.57. The Morgan fingerprint density at radius 3 is 3.09 bits per heavy atom. The van der Waals surface area contributed by atoms with Gasteiger partial charge in [-0.3, -0.25) is 4.79 Å². The Hall–Kier alpha value is -1.95. The van der Waals surface area contributed by atoms with E-state index in [9.17, 15) is 4.79 Å². The number of hydrogen-bond donors (Lipinski definition) is 0. The normalized spacial score (nSPS) is 19.9. The molecule has 1 atom stereocenters. The number of aryl methyl sites for hydroxylation is 2. The SMILES string of the molecule is COc1nc2c(cc1C(=O)N1CCC[C@H]1c1nccs1)CCC2. The number of aromatic nitrogens is 2. The van der Waals surface area contributed by atoms with E-state index in [-0.39, 0.29) is 11.9 Å². The van der Waals surface area contributed by atoms with Crippen LogP contribution in [0.4, 0.5) is 0 Å². The summed E-state index contributed by atoms with van der Waals surface area (Å²) in [6.45, 7) is 0.767. The van der Waals surface area contributed by atoms with Crippen molar-refractivity contribution in [2.75, 3.05) is 13.7 Å². The molecule has 1 fully saturated rings. The second-order valence-corrected chi connectivity index (χ2v) is 6.96. The number of rotatable bonds is 3. The fraction of sp³-hybridized carbons (Fsp3) is 0.471. The van der Waals surface area contributed by atoms with Crippen LogP contribution in [-0.4, -0.2) is 34.4 Å². The fourth-order valence-electron chi connectivity index (χ4n) is 3.58. The van der Waals surface area contributed by atoms with Crippen molar-refractivity contribution in [2.45, 2.75) is 38.1 Å². The highest BCUT2D eigenvalue weighted by Crippen LogP contribution is 2.36. The quantitative estimate of drug-likeness (QED) is 0.868. The summed E-state index contributed by atoms with van der Waals surface area (Å²) in [6, 6.07) is 2.08. The van der Waals surface area contributed by atoms with Crippen LogP contribution in [0.3, 0.4) is 0 Å². The van der Waals surface area contributed by atoms with Crippen LogP contribution in [0.2, 0.25) is 0 Å². The number of methoxy groups -OCH3 is 1. The largest absolute Gasteiger partial charge is 0.480 e. The van der Waals surface area contributed by atoms with E-state index in [2.05, 4.69) is 9.97 Å². The van der Waals surface area contributed by atoms with Gasteiger partial charge in [0.15, 0.2) is 0 Å². The molecule has 0 saturated carbocycles. The molecule has 0 N–H and O–H groups in total. The highest BCUT2D eigenvalue weighted by molar-refractivity contribution is 7.09. The zero-order chi connectivity index (χ0) is 15.8. The average Bonchev–Trinajstić information content (AvgIpc) is 3.32. The molecule has 6 heteroatoms. The van der Waals surface area contributed by atoms with E-state index >= 15 is 0 Å². The predicted octanol–water partition coefficient (Wildman–Crippen LogP) is 3.01. The summed E-state index contributed by atoms with van der Waals surface area (Å²) in [5.74, 6) is 0.474. The molecule has 1 amide bonds. The molecule has 2 aliphatic rings. The molecule has 1 aliphatic carbocycles. The minimum absolute atomic E-state index is 0.0155. The smallest absolute Gasteiger partial charge is 0.259 e. The maximum Gasteiger partial charge on any atom is 0.259 e. The van der Waals surface area contributed by atoms with Crippen molar-refractivity contribution >= 4 is 17.2 Å². The molecule has 23 heavy (non-hydrogen) atoms. The first-order valence-electron chi connectivity index (χ1n) is 8.05. The number of nitrogens with zero attached hydrogens (tertiary/aromatic N) is 3. The number of carbonyl (C=O) groups is 1. The first kappa shape index (κ1) is 14.6. The van der Waals surface area contributed by atoms with Crippen LogP contribution in [0.15, 0.2) is 17.6 Å². The second kappa shape index (κ2) is 5.92. The Balaban J connectivity index is 1.69. The number of pyridine rings is 1. The number of hydrogen-bond acceptors (Lipinski definition) is 5. The highest BCUT2D eigenvalue weighted by atomic mass is 32.1. The topological polar surface area (TPSA) is 55.3 Å². The van der Waals surface area contributed by atoms with Crippen LogP contribution < -0.4 is 4.74 Å². The molecular formula is C17H19N3O2S. The Kier molecular flexibility index (Phi) is 3.77. The van der Waals surface area contributed by atoms with Gasteiger partial charge in [-0.05, 0) is 43.7 Å². The van der Waals surface area contributed by atoms with Gasteiger partial charge < -0.3 is 9.64 Å². The molecule has 1 saturated heterocycles. The van der Waals surface area contributed by atoms with Crippen LogP contribution in [0.1, 0.15) is 51.9 Å². The first-order chi connectivity index (χ1) is 11.3. The third kappa shape index (κ3) is 2.51. The van der Waals surface area contributed by atoms with Gasteiger partial charge in [0.25, 0.3) is 5.91 Å². The predicted molar refractivity (Wildman–Crippen MR) is 87.9 cm³/mol. The van der Waals surface area contributed by atoms with Crippen molar-refractivity contribution in [3.8, 4) is 5.88 Å². The molecule has 2 aromatic heterocycles. The first-order valence-corrected chi connectivity index (χ1v) is 8.93. The van der Waals surface area contributed by atoms with Crippen LogP contribution in [0.25, 0.3) is 0 Å². The van der Waals surface area contributed by atoms with Gasteiger partial charge in [0, 0.05) is 23.8 Å². The lowest BCUT2D eigenvalue weighted by Crippen LogP contribution is -2.31. The zero-order valence-electron chi connectivity index (χ0n) is 13.1. The summed E-state index contributed by atoms with van der Waals surface area (Å²) in [5.41, 5.74) is 2.87. The molecule has 3 heterocycles. The highest BCUT2D eigenvalue weighted by Gasteiger charge is 2.34. The van der Waals surface area contributed by atoms with Crippen molar-refractivity contribution in [1.82, 2.24) is 14.9 Å². The van der Waals surface area contributed by atoms with Crippen molar-refractivity contribution in [3.05, 3.63) is 39.5 Å². The zero-order valence-corrected chi connectivity index (χ0v) is 13.9. The molecule has 0 radical (unpaired) electrons. The molecule has 2 aromatic rings. The maximum absolute atomic E-state index is 13.1. The third-order valence-electron chi connectivity index (χ3n) is 4.69. The number of carbonyl (C=O) groups excluding carboxylic acids is 1. The van der Waals surface area contributed by atoms with Gasteiger partial charge in [-0.1, -0.05) is 0 Å². The van der Waals surface area contributed by atoms with E-state index < -0.39 is 0 Å². The van der Waals surface area contributed by atoms with E-state index in [0.717, 1.165) is 49.4 Å². The summed E-state index contributed by atoms with van der Waals surface area (Å²) in [7, 11) is 1.59. The average molecular weight is 329 g/mol. The molecule has 0 spiro atoms. The van der Waals surface area contributed by atoms with Crippen LogP contribution >= 0.6 is 11.3 Å². The van der Waals surface area contributed by atoms with Gasteiger partial charge in [0.05, 0.1) is 13.2 Å². The summed E-state index contributed by atoms with van der Waals surface area (Å²) in [5, 5.41) is 2.98. The van der Waals surface area contributed by atoms with Gasteiger partial charge in [-0.15, -0.1) is 11.3 Å². The molecule has 5 nitrogen and oxygen atoms in total. The minimum Gasteiger partial charge on any atom is -0.480 e. The lowest BCUT2D eigenvalue weighted by molar-refractivity contribution is 0.0731. The molecule has 4 rings (SSSR count). The van der Waals surface area contributed by atoms with Gasteiger partial charge >= 0.3 is 0 Å². The number of likely N-dealkylation sites (tertiary alicyclic amines) is 1. The number of fused-ring (bicyclic) bond motifs is 1. The summed E-state index contributed by atoms with van der Waals surface area (Å²) < 4.78 is 5.41. The summed E-state index contributed by atoms with van der Waals surface area (Å²) in [4.78, 5) is 24.0. The number of thiazole rings is 1. The minimum atomic E-state index is 0.0155. The van der Waals surface area contributed by atoms with Crippen molar-refractivity contribution in [1.29, 1.82) is 0 Å². The van der Waals surface area contributed by atoms with E-state index in [0.29, 0.717) is 11.4 Å². The molecular weight excluding hydrogens is 310 g/mol. The Morgan fingerprint density at radius 2 is 2.30 bits per heavy atom. The second-order valence-electron chi connectivity index (χ2n) is 6.03. The van der Waals surface area contributed by atoms with Crippen molar-refractivity contribution in [3.63, 3.8) is 0 Å². The van der Waals surface area contributed by atoms with Gasteiger partial charge in [-0.25, -0.2) is 9.97 Å². The van der Waals surface area contributed by atoms with Crippen molar-refractivity contribution in [2.24, 2.45) is 0 Å². The summed E-state index contributed by atoms with van der Waals surface area (Å²) >= 11 is 1.61. The van der Waals surface area contributed by atoms with Gasteiger partial charge in [0.2, 0.25) is 5.88 Å². The Bertz CT molecular complexity index is 730. The molecule has 0 bridgehead atoms. The fourth-order valence-corrected chi connectivity index (χ4v) is 4.37. The molecule has 120 valence electrons. The standard InChI is InChI=1S/C17H19N3O2S/c1-22-15-12(10-11-4-2-5-13(11)19-15)17(21)20-8-3-6-14(20)16-18-7-9-23-16/h7,9-10,14H,2-6,8H2,1H3/t14-/m0/s1. The number of ether oxygens (including phenoxy) is 1. The van der Waals surface area contributed by atoms with E-state index in [4.69, 9.17) is 4.74 Å². The van der Waals surface area contributed by atoms with E-state index in [1.807, 2.05) is 16.3 Å². The van der Waals surface area contributed by atoms with Crippen molar-refractivity contribution < 1.29 is 9.53 Å².